The lowest BCUT2D eigenvalue weighted by Gasteiger charge is -2.09. The summed E-state index contributed by atoms with van der Waals surface area (Å²) in [6.07, 6.45) is -0.0315. The Morgan fingerprint density at radius 1 is 1.08 bits per heavy atom. The minimum absolute atomic E-state index is 0.0315. The molecule has 0 unspecified atom stereocenters. The third kappa shape index (κ3) is 5.39. The van der Waals surface area contributed by atoms with Crippen molar-refractivity contribution in [3.63, 3.8) is 0 Å². The first-order chi connectivity index (χ1) is 12.2. The fourth-order valence-corrected chi connectivity index (χ4v) is 3.36. The van der Waals surface area contributed by atoms with Crippen molar-refractivity contribution in [2.45, 2.75) is 25.2 Å². The number of benzene rings is 2. The number of sulfonamides is 1. The average Bonchev–Trinajstić information content (AvgIpc) is 2.58. The largest absolute Gasteiger partial charge is 0.326 e. The first-order valence-corrected chi connectivity index (χ1v) is 9.72. The average molecular weight is 395 g/mol. The van der Waals surface area contributed by atoms with Crippen LogP contribution in [0.25, 0.3) is 0 Å². The summed E-state index contributed by atoms with van der Waals surface area (Å²) in [6.45, 7) is 3.20. The molecule has 0 aliphatic heterocycles. The van der Waals surface area contributed by atoms with E-state index >= 15 is 0 Å². The lowest BCUT2D eigenvalue weighted by molar-refractivity contribution is -0.116. The molecule has 2 rings (SSSR count). The molecule has 2 N–H and O–H groups in total. The van der Waals surface area contributed by atoms with E-state index in [1.807, 2.05) is 6.92 Å². The number of ketones is 1. The van der Waals surface area contributed by atoms with Crippen molar-refractivity contribution in [2.24, 2.45) is 0 Å². The third-order valence-electron chi connectivity index (χ3n) is 3.67. The van der Waals surface area contributed by atoms with Crippen LogP contribution in [0.2, 0.25) is 5.02 Å². The lowest BCUT2D eigenvalue weighted by atomic mass is 10.2. The van der Waals surface area contributed by atoms with E-state index in [1.165, 1.54) is 31.2 Å². The molecule has 0 aliphatic carbocycles. The van der Waals surface area contributed by atoms with Gasteiger partial charge >= 0.3 is 0 Å². The molecule has 0 bridgehead atoms. The zero-order valence-electron chi connectivity index (χ0n) is 14.4. The van der Waals surface area contributed by atoms with E-state index in [2.05, 4.69) is 10.0 Å². The number of amides is 1. The highest BCUT2D eigenvalue weighted by atomic mass is 35.5. The molecule has 2 aromatic carbocycles. The molecule has 1 amide bonds. The molecule has 0 spiro atoms. The fourth-order valence-electron chi connectivity index (χ4n) is 2.15. The number of hydrogen-bond donors (Lipinski definition) is 2. The molecule has 0 aromatic heterocycles. The molecule has 26 heavy (non-hydrogen) atoms. The van der Waals surface area contributed by atoms with Gasteiger partial charge in [-0.1, -0.05) is 29.8 Å². The molecule has 138 valence electrons. The Bertz CT molecular complexity index is 925. The van der Waals surface area contributed by atoms with E-state index in [0.717, 1.165) is 5.56 Å². The highest BCUT2D eigenvalue weighted by molar-refractivity contribution is 7.89. The van der Waals surface area contributed by atoms with Crippen LogP contribution in [-0.4, -0.2) is 26.7 Å². The number of halogens is 1. The van der Waals surface area contributed by atoms with Crippen molar-refractivity contribution >= 4 is 39.0 Å². The SMILES string of the molecule is CC(=O)c1ccc(S(=O)(=O)NCCC(=O)Nc2ccc(C)c(Cl)c2)cc1. The zero-order chi connectivity index (χ0) is 19.3. The van der Waals surface area contributed by atoms with Crippen LogP contribution in [0.4, 0.5) is 5.69 Å². The summed E-state index contributed by atoms with van der Waals surface area (Å²) < 4.78 is 26.7. The number of carbonyl (C=O) groups is 2. The number of hydrogen-bond acceptors (Lipinski definition) is 4. The van der Waals surface area contributed by atoms with Gasteiger partial charge in [0.05, 0.1) is 4.90 Å². The normalized spacial score (nSPS) is 11.2. The Morgan fingerprint density at radius 3 is 2.31 bits per heavy atom. The summed E-state index contributed by atoms with van der Waals surface area (Å²) in [4.78, 5) is 23.2. The van der Waals surface area contributed by atoms with Gasteiger partial charge in [-0.25, -0.2) is 13.1 Å². The Balaban J connectivity index is 1.90. The van der Waals surface area contributed by atoms with Gasteiger partial charge < -0.3 is 5.32 Å². The topological polar surface area (TPSA) is 92.3 Å². The maximum Gasteiger partial charge on any atom is 0.240 e. The lowest BCUT2D eigenvalue weighted by Crippen LogP contribution is -2.27. The number of carbonyl (C=O) groups excluding carboxylic acids is 2. The Labute approximate surface area is 157 Å². The maximum absolute atomic E-state index is 12.2. The molecule has 0 heterocycles. The molecule has 0 radical (unpaired) electrons. The first-order valence-electron chi connectivity index (χ1n) is 7.86. The predicted octanol–water partition coefficient (Wildman–Crippen LogP) is 3.16. The van der Waals surface area contributed by atoms with Crippen molar-refractivity contribution in [3.05, 3.63) is 58.6 Å². The molecule has 8 heteroatoms. The van der Waals surface area contributed by atoms with Crippen LogP contribution in [0.5, 0.6) is 0 Å². The summed E-state index contributed by atoms with van der Waals surface area (Å²) >= 11 is 6.00. The van der Waals surface area contributed by atoms with E-state index in [4.69, 9.17) is 11.6 Å². The van der Waals surface area contributed by atoms with Crippen LogP contribution in [0.1, 0.15) is 29.3 Å². The Hall–Kier alpha value is -2.22. The van der Waals surface area contributed by atoms with Crippen LogP contribution < -0.4 is 10.0 Å². The van der Waals surface area contributed by atoms with Crippen LogP contribution >= 0.6 is 11.6 Å². The molecular formula is C18H19ClN2O4S. The second-order valence-electron chi connectivity index (χ2n) is 5.74. The highest BCUT2D eigenvalue weighted by Crippen LogP contribution is 2.20. The second kappa shape index (κ2) is 8.44. The van der Waals surface area contributed by atoms with E-state index in [9.17, 15) is 18.0 Å². The van der Waals surface area contributed by atoms with Gasteiger partial charge in [0.15, 0.2) is 5.78 Å². The summed E-state index contributed by atoms with van der Waals surface area (Å²) in [5.74, 6) is -0.477. The number of rotatable bonds is 7. The van der Waals surface area contributed by atoms with Crippen LogP contribution in [0, 0.1) is 6.92 Å². The Morgan fingerprint density at radius 2 is 1.73 bits per heavy atom. The van der Waals surface area contributed by atoms with E-state index < -0.39 is 10.0 Å². The molecule has 0 saturated heterocycles. The summed E-state index contributed by atoms with van der Waals surface area (Å²) in [5, 5.41) is 3.20. The van der Waals surface area contributed by atoms with Crippen molar-refractivity contribution < 1.29 is 18.0 Å². The number of aryl methyl sites for hydroxylation is 1. The van der Waals surface area contributed by atoms with Crippen LogP contribution in [0.15, 0.2) is 47.4 Å². The summed E-state index contributed by atoms with van der Waals surface area (Å²) in [5.41, 5.74) is 1.88. The minimum Gasteiger partial charge on any atom is -0.326 e. The molecular weight excluding hydrogens is 376 g/mol. The third-order valence-corrected chi connectivity index (χ3v) is 5.56. The Kier molecular flexibility index (Phi) is 6.52. The monoisotopic (exact) mass is 394 g/mol. The number of anilines is 1. The van der Waals surface area contributed by atoms with Gasteiger partial charge in [0.1, 0.15) is 0 Å². The maximum atomic E-state index is 12.2. The van der Waals surface area contributed by atoms with E-state index in [1.54, 1.807) is 18.2 Å². The van der Waals surface area contributed by atoms with Gasteiger partial charge in [0, 0.05) is 29.2 Å². The molecule has 0 aliphatic rings. The predicted molar refractivity (Wildman–Crippen MR) is 101 cm³/mol. The summed E-state index contributed by atoms with van der Waals surface area (Å²) in [6, 6.07) is 10.7. The smallest absolute Gasteiger partial charge is 0.240 e. The van der Waals surface area contributed by atoms with Gasteiger partial charge in [0.2, 0.25) is 15.9 Å². The van der Waals surface area contributed by atoms with Gasteiger partial charge in [-0.3, -0.25) is 9.59 Å². The van der Waals surface area contributed by atoms with Crippen molar-refractivity contribution in [3.8, 4) is 0 Å². The van der Waals surface area contributed by atoms with Gasteiger partial charge in [-0.05, 0) is 43.7 Å². The van der Waals surface area contributed by atoms with E-state index in [0.29, 0.717) is 16.3 Å². The van der Waals surface area contributed by atoms with Crippen LogP contribution in [0.3, 0.4) is 0 Å². The second-order valence-corrected chi connectivity index (χ2v) is 7.91. The molecule has 6 nitrogen and oxygen atoms in total. The summed E-state index contributed by atoms with van der Waals surface area (Å²) in [7, 11) is -3.75. The first kappa shape index (κ1) is 20.1. The van der Waals surface area contributed by atoms with Gasteiger partial charge in [-0.15, -0.1) is 0 Å². The molecule has 0 atom stereocenters. The minimum atomic E-state index is -3.75. The van der Waals surface area contributed by atoms with Crippen molar-refractivity contribution in [2.75, 3.05) is 11.9 Å². The molecule has 0 fully saturated rings. The fraction of sp³-hybridized carbons (Fsp3) is 0.222. The number of nitrogens with one attached hydrogen (secondary N) is 2. The van der Waals surface area contributed by atoms with Gasteiger partial charge in [-0.2, -0.15) is 0 Å². The number of Topliss-reactive ketones (excluding diaryl/α,β-unsaturated/α-hetero) is 1. The van der Waals surface area contributed by atoms with Crippen molar-refractivity contribution in [1.82, 2.24) is 4.72 Å². The zero-order valence-corrected chi connectivity index (χ0v) is 15.9. The highest BCUT2D eigenvalue weighted by Gasteiger charge is 2.14. The van der Waals surface area contributed by atoms with Gasteiger partial charge in [0.25, 0.3) is 0 Å². The quantitative estimate of drug-likeness (QED) is 0.705. The van der Waals surface area contributed by atoms with E-state index in [-0.39, 0.29) is 29.6 Å². The molecule has 0 saturated carbocycles. The van der Waals surface area contributed by atoms with Crippen molar-refractivity contribution in [1.29, 1.82) is 0 Å². The standard InChI is InChI=1S/C18H19ClN2O4S/c1-12-3-6-15(11-17(12)19)21-18(23)9-10-20-26(24,25)16-7-4-14(5-8-16)13(2)22/h3-8,11,20H,9-10H2,1-2H3,(H,21,23). The molecule has 2 aromatic rings. The van der Waals surface area contributed by atoms with Crippen LogP contribution in [-0.2, 0) is 14.8 Å².